The van der Waals surface area contributed by atoms with Crippen LogP contribution in [-0.2, 0) is 18.4 Å². The Bertz CT molecular complexity index is 1300. The van der Waals surface area contributed by atoms with Gasteiger partial charge in [-0.05, 0) is 41.8 Å². The van der Waals surface area contributed by atoms with Crippen molar-refractivity contribution in [3.63, 3.8) is 0 Å². The Morgan fingerprint density at radius 1 is 1.03 bits per heavy atom. The Morgan fingerprint density at radius 3 is 2.69 bits per heavy atom. The first kappa shape index (κ1) is 20.2. The molecule has 4 aromatic rings. The zero-order chi connectivity index (χ0) is 22.1. The van der Waals surface area contributed by atoms with Gasteiger partial charge in [-0.25, -0.2) is 4.98 Å². The van der Waals surface area contributed by atoms with Crippen molar-refractivity contribution in [2.75, 3.05) is 13.1 Å². The molecule has 0 radical (unpaired) electrons. The summed E-state index contributed by atoms with van der Waals surface area (Å²) in [5.74, 6) is 0.582. The maximum absolute atomic E-state index is 13.3. The molecule has 1 N–H and O–H groups in total. The summed E-state index contributed by atoms with van der Waals surface area (Å²) < 4.78 is 2.01. The predicted molar refractivity (Wildman–Crippen MR) is 125 cm³/mol. The quantitative estimate of drug-likeness (QED) is 0.538. The van der Waals surface area contributed by atoms with Gasteiger partial charge in [0.1, 0.15) is 5.82 Å². The number of nitrogens with one attached hydrogen (secondary N) is 1. The summed E-state index contributed by atoms with van der Waals surface area (Å²) in [4.78, 5) is 32.7. The third-order valence-corrected chi connectivity index (χ3v) is 6.40. The van der Waals surface area contributed by atoms with Crippen molar-refractivity contribution >= 4 is 33.6 Å². The van der Waals surface area contributed by atoms with Gasteiger partial charge in [0.2, 0.25) is 5.91 Å². The maximum Gasteiger partial charge on any atom is 0.254 e. The second kappa shape index (κ2) is 8.46. The van der Waals surface area contributed by atoms with Crippen LogP contribution in [0.1, 0.15) is 29.0 Å². The summed E-state index contributed by atoms with van der Waals surface area (Å²) in [7, 11) is 1.96. The highest BCUT2D eigenvalue weighted by atomic mass is 16.2. The van der Waals surface area contributed by atoms with Gasteiger partial charge in [-0.3, -0.25) is 9.59 Å². The molecule has 6 nitrogen and oxygen atoms in total. The summed E-state index contributed by atoms with van der Waals surface area (Å²) in [5, 5.41) is 5.04. The number of aromatic nitrogens is 2. The Balaban J connectivity index is 1.27. The van der Waals surface area contributed by atoms with E-state index < -0.39 is 0 Å². The van der Waals surface area contributed by atoms with Crippen LogP contribution in [0.4, 0.5) is 0 Å². The molecule has 0 aliphatic carbocycles. The molecule has 6 heteroatoms. The monoisotopic (exact) mass is 426 g/mol. The summed E-state index contributed by atoms with van der Waals surface area (Å²) in [6, 6.07) is 21.7. The number of amides is 2. The molecule has 5 rings (SSSR count). The van der Waals surface area contributed by atoms with Gasteiger partial charge in [-0.2, -0.15) is 0 Å². The molecule has 1 fully saturated rings. The largest absolute Gasteiger partial charge is 0.349 e. The van der Waals surface area contributed by atoms with Gasteiger partial charge in [0.05, 0.1) is 23.5 Å². The van der Waals surface area contributed by atoms with Crippen LogP contribution in [0.25, 0.3) is 21.8 Å². The predicted octanol–water partition coefficient (Wildman–Crippen LogP) is 3.90. The van der Waals surface area contributed by atoms with E-state index >= 15 is 0 Å². The fraction of sp³-hybridized carbons (Fsp3) is 0.269. The van der Waals surface area contributed by atoms with Crippen molar-refractivity contribution in [3.8, 4) is 0 Å². The number of aryl methyl sites for hydroxylation is 1. The SMILES string of the molecule is Cn1c(CNC(=O)C2CCCN(C(=O)c3cccc4ccccc34)C2)nc2ccccc21. The number of carbonyl (C=O) groups excluding carboxylic acids is 2. The molecule has 1 saturated heterocycles. The number of hydrogen-bond donors (Lipinski definition) is 1. The highest BCUT2D eigenvalue weighted by Gasteiger charge is 2.29. The molecular weight excluding hydrogens is 400 g/mol. The molecule has 1 aromatic heterocycles. The van der Waals surface area contributed by atoms with Gasteiger partial charge in [-0.15, -0.1) is 0 Å². The smallest absolute Gasteiger partial charge is 0.254 e. The summed E-state index contributed by atoms with van der Waals surface area (Å²) in [5.41, 5.74) is 2.66. The lowest BCUT2D eigenvalue weighted by Crippen LogP contribution is -2.45. The van der Waals surface area contributed by atoms with Gasteiger partial charge >= 0.3 is 0 Å². The highest BCUT2D eigenvalue weighted by molar-refractivity contribution is 6.07. The lowest BCUT2D eigenvalue weighted by Gasteiger charge is -2.32. The molecule has 1 unspecified atom stereocenters. The molecule has 0 saturated carbocycles. The van der Waals surface area contributed by atoms with Crippen molar-refractivity contribution < 1.29 is 9.59 Å². The number of nitrogens with zero attached hydrogens (tertiary/aromatic N) is 3. The number of rotatable bonds is 4. The van der Waals surface area contributed by atoms with Gasteiger partial charge in [0.15, 0.2) is 0 Å². The Morgan fingerprint density at radius 2 is 1.81 bits per heavy atom. The van der Waals surface area contributed by atoms with Crippen LogP contribution in [0.15, 0.2) is 66.7 Å². The Kier molecular flexibility index (Phi) is 5.35. The van der Waals surface area contributed by atoms with Crippen LogP contribution in [0.2, 0.25) is 0 Å². The van der Waals surface area contributed by atoms with Gasteiger partial charge < -0.3 is 14.8 Å². The van der Waals surface area contributed by atoms with E-state index in [1.165, 1.54) is 0 Å². The number of fused-ring (bicyclic) bond motifs is 2. The van der Waals surface area contributed by atoms with Crippen molar-refractivity contribution in [1.29, 1.82) is 0 Å². The standard InChI is InChI=1S/C26H26N4O2/c1-29-23-14-5-4-13-22(23)28-24(29)16-27-25(31)19-10-7-15-30(17-19)26(32)21-12-6-9-18-8-2-3-11-20(18)21/h2-6,8-9,11-14,19H,7,10,15-17H2,1H3,(H,27,31). The van der Waals surface area contributed by atoms with E-state index in [0.29, 0.717) is 25.2 Å². The molecule has 1 aliphatic rings. The van der Waals surface area contributed by atoms with Crippen molar-refractivity contribution in [1.82, 2.24) is 19.8 Å². The van der Waals surface area contributed by atoms with Crippen molar-refractivity contribution in [2.45, 2.75) is 19.4 Å². The highest BCUT2D eigenvalue weighted by Crippen LogP contribution is 2.24. The molecule has 2 amide bonds. The van der Waals surface area contributed by atoms with E-state index in [1.807, 2.05) is 83.2 Å². The van der Waals surface area contributed by atoms with Gasteiger partial charge in [0.25, 0.3) is 5.91 Å². The number of benzene rings is 3. The minimum absolute atomic E-state index is 0.00495. The van der Waals surface area contributed by atoms with E-state index in [4.69, 9.17) is 0 Å². The average molecular weight is 427 g/mol. The third-order valence-electron chi connectivity index (χ3n) is 6.40. The van der Waals surface area contributed by atoms with Crippen LogP contribution in [0.5, 0.6) is 0 Å². The summed E-state index contributed by atoms with van der Waals surface area (Å²) in [6.07, 6.45) is 1.61. The minimum atomic E-state index is -0.211. The van der Waals surface area contributed by atoms with Crippen LogP contribution in [-0.4, -0.2) is 39.4 Å². The second-order valence-corrected chi connectivity index (χ2v) is 8.41. The second-order valence-electron chi connectivity index (χ2n) is 8.41. The maximum atomic E-state index is 13.3. The average Bonchev–Trinajstić information content (AvgIpc) is 3.17. The number of hydrogen-bond acceptors (Lipinski definition) is 3. The van der Waals surface area contributed by atoms with E-state index in [9.17, 15) is 9.59 Å². The van der Waals surface area contributed by atoms with Crippen LogP contribution >= 0.6 is 0 Å². The topological polar surface area (TPSA) is 67.2 Å². The number of piperidine rings is 1. The minimum Gasteiger partial charge on any atom is -0.349 e. The first-order valence-electron chi connectivity index (χ1n) is 11.1. The van der Waals surface area contributed by atoms with Gasteiger partial charge in [0, 0.05) is 25.7 Å². The van der Waals surface area contributed by atoms with Crippen molar-refractivity contribution in [3.05, 3.63) is 78.1 Å². The first-order valence-corrected chi connectivity index (χ1v) is 11.1. The zero-order valence-corrected chi connectivity index (χ0v) is 18.1. The summed E-state index contributed by atoms with van der Waals surface area (Å²) in [6.45, 7) is 1.49. The van der Waals surface area contributed by atoms with E-state index in [2.05, 4.69) is 10.3 Å². The zero-order valence-electron chi connectivity index (χ0n) is 18.1. The van der Waals surface area contributed by atoms with Crippen LogP contribution in [0.3, 0.4) is 0 Å². The molecular formula is C26H26N4O2. The molecule has 1 atom stereocenters. The molecule has 162 valence electrons. The first-order chi connectivity index (χ1) is 15.6. The molecule has 32 heavy (non-hydrogen) atoms. The Labute approximate surface area is 186 Å². The molecule has 0 bridgehead atoms. The van der Waals surface area contributed by atoms with E-state index in [-0.39, 0.29) is 17.7 Å². The fourth-order valence-electron chi connectivity index (χ4n) is 4.62. The molecule has 2 heterocycles. The number of likely N-dealkylation sites (tertiary alicyclic amines) is 1. The van der Waals surface area contributed by atoms with E-state index in [0.717, 1.165) is 40.5 Å². The lowest BCUT2D eigenvalue weighted by molar-refractivity contribution is -0.126. The molecule has 1 aliphatic heterocycles. The van der Waals surface area contributed by atoms with Crippen LogP contribution in [0, 0.1) is 5.92 Å². The normalized spacial score (nSPS) is 16.4. The third kappa shape index (κ3) is 3.73. The molecule has 0 spiro atoms. The van der Waals surface area contributed by atoms with Crippen molar-refractivity contribution in [2.24, 2.45) is 13.0 Å². The number of carbonyl (C=O) groups is 2. The molecule has 3 aromatic carbocycles. The Hall–Kier alpha value is -3.67. The number of para-hydroxylation sites is 2. The fourth-order valence-corrected chi connectivity index (χ4v) is 4.62. The summed E-state index contributed by atoms with van der Waals surface area (Å²) >= 11 is 0. The number of imidazole rings is 1. The lowest BCUT2D eigenvalue weighted by atomic mass is 9.95. The van der Waals surface area contributed by atoms with Crippen LogP contribution < -0.4 is 5.32 Å². The van der Waals surface area contributed by atoms with Gasteiger partial charge in [-0.1, -0.05) is 48.5 Å². The van der Waals surface area contributed by atoms with E-state index in [1.54, 1.807) is 0 Å².